The van der Waals surface area contributed by atoms with Crippen LogP contribution in [0.4, 0.5) is 0 Å². The van der Waals surface area contributed by atoms with Crippen LogP contribution in [0.5, 0.6) is 11.5 Å². The number of hydrogen-bond donors (Lipinski definition) is 3. The molecule has 1 heterocycles. The highest BCUT2D eigenvalue weighted by molar-refractivity contribution is 5.79. The molecule has 7 nitrogen and oxygen atoms in total. The van der Waals surface area contributed by atoms with Gasteiger partial charge in [-0.1, -0.05) is 25.1 Å². The van der Waals surface area contributed by atoms with Gasteiger partial charge >= 0.3 is 0 Å². The fourth-order valence-electron chi connectivity index (χ4n) is 2.92. The molecule has 1 aromatic carbocycles. The monoisotopic (exact) mass is 388 g/mol. The molecule has 7 heteroatoms. The Morgan fingerprint density at radius 1 is 1.18 bits per heavy atom. The van der Waals surface area contributed by atoms with Crippen LogP contribution in [-0.4, -0.2) is 29.4 Å². The van der Waals surface area contributed by atoms with E-state index in [0.29, 0.717) is 37.3 Å². The fraction of sp³-hybridized carbons (Fsp3) is 0.524. The molecule has 28 heavy (non-hydrogen) atoms. The fourth-order valence-corrected chi connectivity index (χ4v) is 2.92. The molecule has 0 aliphatic rings. The van der Waals surface area contributed by atoms with Crippen molar-refractivity contribution in [2.45, 2.75) is 59.5 Å². The summed E-state index contributed by atoms with van der Waals surface area (Å²) in [5, 5.41) is 20.5. The Morgan fingerprint density at radius 2 is 1.96 bits per heavy atom. The lowest BCUT2D eigenvalue weighted by molar-refractivity contribution is 0.318. The van der Waals surface area contributed by atoms with E-state index in [-0.39, 0.29) is 5.75 Å². The third-order valence-electron chi connectivity index (χ3n) is 4.50. The number of aromatic hydroxyl groups is 1. The molecule has 0 radical (unpaired) electrons. The highest BCUT2D eigenvalue weighted by atomic mass is 16.5. The van der Waals surface area contributed by atoms with Gasteiger partial charge in [0.25, 0.3) is 0 Å². The molecule has 0 aliphatic carbocycles. The molecule has 1 aromatic heterocycles. The zero-order chi connectivity index (χ0) is 20.4. The maximum atomic E-state index is 9.81. The molecule has 3 N–H and O–H groups in total. The average molecular weight is 389 g/mol. The van der Waals surface area contributed by atoms with E-state index < -0.39 is 0 Å². The van der Waals surface area contributed by atoms with Crippen molar-refractivity contribution in [3.8, 4) is 11.5 Å². The summed E-state index contributed by atoms with van der Waals surface area (Å²) in [6.07, 6.45) is 2.10. The Bertz CT molecular complexity index is 754. The second kappa shape index (κ2) is 11.2. The number of nitrogens with one attached hydrogen (secondary N) is 2. The van der Waals surface area contributed by atoms with E-state index >= 15 is 0 Å². The third-order valence-corrected chi connectivity index (χ3v) is 4.50. The first kappa shape index (κ1) is 21.6. The molecule has 0 amide bonds. The second-order valence-corrected chi connectivity index (χ2v) is 6.52. The van der Waals surface area contributed by atoms with Crippen LogP contribution in [0.15, 0.2) is 33.8 Å². The van der Waals surface area contributed by atoms with E-state index in [4.69, 9.17) is 9.26 Å². The maximum absolute atomic E-state index is 9.81. The summed E-state index contributed by atoms with van der Waals surface area (Å²) in [6, 6.07) is 7.29. The molecule has 154 valence electrons. The summed E-state index contributed by atoms with van der Waals surface area (Å²) in [6.45, 7) is 10.5. The molecule has 0 saturated heterocycles. The predicted molar refractivity (Wildman–Crippen MR) is 111 cm³/mol. The van der Waals surface area contributed by atoms with Crippen molar-refractivity contribution in [3.05, 3.63) is 41.3 Å². The number of ether oxygens (including phenoxy) is 1. The quantitative estimate of drug-likeness (QED) is 0.422. The Labute approximate surface area is 167 Å². The summed E-state index contributed by atoms with van der Waals surface area (Å²) in [5.41, 5.74) is 1.96. The molecular formula is C21H32N4O3. The van der Waals surface area contributed by atoms with Crippen LogP contribution in [-0.2, 0) is 13.1 Å². The zero-order valence-corrected chi connectivity index (χ0v) is 17.3. The Balaban J connectivity index is 2.00. The average Bonchev–Trinajstić information content (AvgIpc) is 3.16. The van der Waals surface area contributed by atoms with Crippen LogP contribution in [0.3, 0.4) is 0 Å². The van der Waals surface area contributed by atoms with Gasteiger partial charge in [-0.25, -0.2) is 4.99 Å². The van der Waals surface area contributed by atoms with Gasteiger partial charge in [-0.05, 0) is 44.4 Å². The van der Waals surface area contributed by atoms with Crippen molar-refractivity contribution in [1.29, 1.82) is 0 Å². The number of benzene rings is 1. The molecule has 2 rings (SSSR count). The highest BCUT2D eigenvalue weighted by Crippen LogP contribution is 2.27. The number of phenols is 1. The van der Waals surface area contributed by atoms with Crippen LogP contribution in [0, 0.1) is 0 Å². The topological polar surface area (TPSA) is 91.9 Å². The number of aromatic nitrogens is 1. The Kier molecular flexibility index (Phi) is 8.65. The number of guanidine groups is 1. The van der Waals surface area contributed by atoms with Gasteiger partial charge in [-0.15, -0.1) is 0 Å². The predicted octanol–water partition coefficient (Wildman–Crippen LogP) is 3.94. The van der Waals surface area contributed by atoms with Gasteiger partial charge in [0.1, 0.15) is 0 Å². The number of nitrogens with zero attached hydrogens (tertiary/aromatic N) is 2. The van der Waals surface area contributed by atoms with Gasteiger partial charge < -0.3 is 25.0 Å². The standard InChI is InChI=1S/C21H32N4O3/c1-5-16(6-2)18-12-17(28-25-18)14-24-21(22-7-3)23-13-15-9-10-19(26)20(11-15)27-8-4/h9-12,16,26H,5-8,13-14H2,1-4H3,(H2,22,23,24). The Hall–Kier alpha value is -2.70. The summed E-state index contributed by atoms with van der Waals surface area (Å²) in [4.78, 5) is 4.60. The molecular weight excluding hydrogens is 356 g/mol. The lowest BCUT2D eigenvalue weighted by Crippen LogP contribution is -2.36. The lowest BCUT2D eigenvalue weighted by atomic mass is 9.99. The molecule has 0 atom stereocenters. The van der Waals surface area contributed by atoms with Crippen molar-refractivity contribution >= 4 is 5.96 Å². The van der Waals surface area contributed by atoms with Gasteiger partial charge in [-0.2, -0.15) is 0 Å². The summed E-state index contributed by atoms with van der Waals surface area (Å²) < 4.78 is 10.9. The van der Waals surface area contributed by atoms with Crippen LogP contribution >= 0.6 is 0 Å². The zero-order valence-electron chi connectivity index (χ0n) is 17.3. The van der Waals surface area contributed by atoms with Crippen LogP contribution in [0.2, 0.25) is 0 Å². The number of phenolic OH excluding ortho intramolecular Hbond substituents is 1. The SMILES string of the molecule is CCNC(=NCc1ccc(O)c(OCC)c1)NCc1cc(C(CC)CC)no1. The minimum atomic E-state index is 0.137. The third kappa shape index (κ3) is 6.18. The lowest BCUT2D eigenvalue weighted by Gasteiger charge is -2.11. The smallest absolute Gasteiger partial charge is 0.191 e. The molecule has 0 aliphatic heterocycles. The van der Waals surface area contributed by atoms with Gasteiger partial charge in [0.2, 0.25) is 0 Å². The van der Waals surface area contributed by atoms with Gasteiger partial charge in [0.15, 0.2) is 23.2 Å². The first-order valence-electron chi connectivity index (χ1n) is 10.0. The van der Waals surface area contributed by atoms with Gasteiger partial charge in [0, 0.05) is 18.5 Å². The van der Waals surface area contributed by atoms with E-state index in [0.717, 1.165) is 36.4 Å². The summed E-state index contributed by atoms with van der Waals surface area (Å²) in [7, 11) is 0. The molecule has 2 aromatic rings. The summed E-state index contributed by atoms with van der Waals surface area (Å²) in [5.74, 6) is 2.53. The molecule has 0 saturated carbocycles. The number of hydrogen-bond acceptors (Lipinski definition) is 5. The first-order valence-corrected chi connectivity index (χ1v) is 10.0. The number of aliphatic imine (C=N–C) groups is 1. The minimum Gasteiger partial charge on any atom is -0.504 e. The van der Waals surface area contributed by atoms with E-state index in [9.17, 15) is 5.11 Å². The maximum Gasteiger partial charge on any atom is 0.191 e. The normalized spacial score (nSPS) is 11.7. The van der Waals surface area contributed by atoms with Gasteiger partial charge in [0.05, 0.1) is 25.4 Å². The van der Waals surface area contributed by atoms with E-state index in [1.165, 1.54) is 0 Å². The van der Waals surface area contributed by atoms with Crippen molar-refractivity contribution in [3.63, 3.8) is 0 Å². The molecule has 0 unspecified atom stereocenters. The Morgan fingerprint density at radius 3 is 2.64 bits per heavy atom. The van der Waals surface area contributed by atoms with Crippen LogP contribution in [0.25, 0.3) is 0 Å². The van der Waals surface area contributed by atoms with Gasteiger partial charge in [-0.3, -0.25) is 0 Å². The summed E-state index contributed by atoms with van der Waals surface area (Å²) >= 11 is 0. The second-order valence-electron chi connectivity index (χ2n) is 6.52. The highest BCUT2D eigenvalue weighted by Gasteiger charge is 2.13. The molecule has 0 fully saturated rings. The molecule has 0 bridgehead atoms. The van der Waals surface area contributed by atoms with Crippen molar-refractivity contribution in [2.24, 2.45) is 4.99 Å². The van der Waals surface area contributed by atoms with Crippen molar-refractivity contribution in [2.75, 3.05) is 13.2 Å². The minimum absolute atomic E-state index is 0.137. The van der Waals surface area contributed by atoms with E-state index in [1.807, 2.05) is 32.0 Å². The van der Waals surface area contributed by atoms with Crippen LogP contribution in [0.1, 0.15) is 63.5 Å². The van der Waals surface area contributed by atoms with E-state index in [1.54, 1.807) is 6.07 Å². The first-order chi connectivity index (χ1) is 13.6. The van der Waals surface area contributed by atoms with Crippen molar-refractivity contribution < 1.29 is 14.4 Å². The van der Waals surface area contributed by atoms with Crippen LogP contribution < -0.4 is 15.4 Å². The van der Waals surface area contributed by atoms with Crippen molar-refractivity contribution in [1.82, 2.24) is 15.8 Å². The number of rotatable bonds is 10. The molecule has 0 spiro atoms. The van der Waals surface area contributed by atoms with E-state index in [2.05, 4.69) is 34.6 Å². The largest absolute Gasteiger partial charge is 0.504 e.